The number of ether oxygens (including phenoxy) is 1. The highest BCUT2D eigenvalue weighted by Gasteiger charge is 2.56. The summed E-state index contributed by atoms with van der Waals surface area (Å²) in [5, 5.41) is 19.8. The number of nitrogens with zero attached hydrogens (tertiary/aromatic N) is 9. The van der Waals surface area contributed by atoms with Gasteiger partial charge in [0.15, 0.2) is 0 Å². The number of carbonyl (C=O) groups is 12. The highest BCUT2D eigenvalue weighted by Crippen LogP contribution is 2.46. The number of rotatable bonds is 11. The molecule has 4 aliphatic heterocycles. The molecule has 12 amide bonds. The van der Waals surface area contributed by atoms with Gasteiger partial charge in [0.2, 0.25) is 70.9 Å². The van der Waals surface area contributed by atoms with Crippen molar-refractivity contribution in [1.82, 2.24) is 60.0 Å². The van der Waals surface area contributed by atoms with Crippen LogP contribution in [0.1, 0.15) is 182 Å². The summed E-state index contributed by atoms with van der Waals surface area (Å²) in [6.45, 7) is 5.43. The van der Waals surface area contributed by atoms with E-state index in [1.54, 1.807) is 13.8 Å². The quantitative estimate of drug-likeness (QED) is 0.191. The SMILES string of the molecule is CC[C@H](C)[C@@H]1NC(=O)[C@H](CC(C)C)N(C)C(=O)C[C@@H](C(=O)N2CCOCC2)N(C)C(=O)[C@H](C2CCCC2)N(C)C(=O)C2(CCCC2)NC(=O)[C@@H]2C[C@H](O)CN2C(=O)[C@H](CCC2CC(F)C(C(F)(F)F)C(F)C2)NC(=O)CN(C)C(=O)[C@H](CC2CCC(C(F)(F)F)CC2)N2CCCC[C@@H](C2=O)N(C)C(=O)CN(C)C1=O. The normalized spacial score (nSPS) is 32.5. The Bertz CT molecular complexity index is 3230. The van der Waals surface area contributed by atoms with Crippen molar-refractivity contribution < 1.29 is 103 Å². The minimum Gasteiger partial charge on any atom is -0.391 e. The van der Waals surface area contributed by atoms with Crippen molar-refractivity contribution in [2.45, 2.75) is 266 Å². The van der Waals surface area contributed by atoms with Crippen molar-refractivity contribution in [2.24, 2.45) is 41.4 Å². The largest absolute Gasteiger partial charge is 0.397 e. The van der Waals surface area contributed by atoms with Crippen molar-refractivity contribution >= 4 is 70.9 Å². The maximum absolute atomic E-state index is 15.7. The van der Waals surface area contributed by atoms with Gasteiger partial charge in [0, 0.05) is 74.9 Å². The number of amides is 12. The Labute approximate surface area is 633 Å². The molecule has 4 heterocycles. The smallest absolute Gasteiger partial charge is 0.391 e. The van der Waals surface area contributed by atoms with Crippen LogP contribution in [0.15, 0.2) is 0 Å². The molecule has 109 heavy (non-hydrogen) atoms. The summed E-state index contributed by atoms with van der Waals surface area (Å²) in [6.07, 6.45) is -16.7. The second-order valence-corrected chi connectivity index (χ2v) is 32.8. The van der Waals surface area contributed by atoms with Crippen LogP contribution in [0.3, 0.4) is 0 Å². The molecule has 8 aliphatic rings. The molecule has 0 aromatic carbocycles. The molecule has 2 bridgehead atoms. The first kappa shape index (κ1) is 87.6. The number of fused-ring (bicyclic) bond motifs is 3. The average Bonchev–Trinajstić information content (AvgIpc) is 1.75. The summed E-state index contributed by atoms with van der Waals surface area (Å²) >= 11 is 0. The molecule has 0 radical (unpaired) electrons. The van der Waals surface area contributed by atoms with E-state index in [0.717, 1.165) is 24.5 Å². The number of morpholine rings is 1. The third-order valence-corrected chi connectivity index (χ3v) is 24.7. The first-order valence-corrected chi connectivity index (χ1v) is 39.2. The van der Waals surface area contributed by atoms with E-state index < -0.39 is 243 Å². The van der Waals surface area contributed by atoms with Crippen LogP contribution in [0.2, 0.25) is 0 Å². The Hall–Kier alpha value is -7.00. The van der Waals surface area contributed by atoms with Crippen molar-refractivity contribution in [3.05, 3.63) is 0 Å². The molecular formula is C75H116F8N12O14. The number of carbonyl (C=O) groups excluding carboxylic acids is 12. The summed E-state index contributed by atoms with van der Waals surface area (Å²) < 4.78 is 121. The van der Waals surface area contributed by atoms with Crippen LogP contribution in [0.5, 0.6) is 0 Å². The third kappa shape index (κ3) is 21.2. The minimum atomic E-state index is -5.23. The molecule has 616 valence electrons. The Morgan fingerprint density at radius 3 is 1.79 bits per heavy atom. The molecule has 34 heteroatoms. The standard InChI is InChI=1S/C75H116F8N12O14/c1-11-44(4)62-70(106)88(6)42-60(99)89(7)53-20-14-17-29-94(69(53)105)57(37-45-21-24-48(25-22-45)74(78,79)80)67(103)87(5)41-58(97)84-52(26-23-46-35-50(76)61(51(77)36-46)75(81,82)83)66(102)95-40-49(96)38-55(95)65(101)86-73(27-15-16-28-73)72(108)92(10)63(47-18-12-13-19-47)71(107)91(9)56(68(104)93-30-32-109-33-31-93)39-59(98)90(8)54(34-43(2)3)64(100)85-62/h43-57,61-63,96H,11-42H2,1-10H3,(H,84,97)(H,85,100)(H,86,101)/t44-,45?,46?,48?,49-,50?,51?,52-,53-,54-,55-,56-,57-,61?,62-,63-/m0/s1. The van der Waals surface area contributed by atoms with Crippen LogP contribution in [0.4, 0.5) is 35.1 Å². The zero-order valence-corrected chi connectivity index (χ0v) is 64.8. The number of alkyl halides is 8. The Balaban J connectivity index is 1.20. The number of hydrogen-bond donors (Lipinski definition) is 4. The lowest BCUT2D eigenvalue weighted by atomic mass is 9.76. The molecule has 12 atom stereocenters. The number of halogens is 8. The Morgan fingerprint density at radius 2 is 1.20 bits per heavy atom. The molecule has 0 aromatic heterocycles. The van der Waals surface area contributed by atoms with E-state index in [4.69, 9.17) is 4.74 Å². The predicted octanol–water partition coefficient (Wildman–Crippen LogP) is 5.30. The highest BCUT2D eigenvalue weighted by atomic mass is 19.4. The van der Waals surface area contributed by atoms with Crippen LogP contribution in [0.25, 0.3) is 0 Å². The zero-order chi connectivity index (χ0) is 80.5. The van der Waals surface area contributed by atoms with Crippen molar-refractivity contribution in [3.8, 4) is 0 Å². The maximum atomic E-state index is 15.7. The van der Waals surface area contributed by atoms with Gasteiger partial charge in [0.05, 0.1) is 44.7 Å². The molecule has 4 N–H and O–H groups in total. The number of likely N-dealkylation sites (N-methyl/N-ethyl adjacent to an activating group) is 6. The van der Waals surface area contributed by atoms with E-state index in [9.17, 15) is 50.6 Å². The summed E-state index contributed by atoms with van der Waals surface area (Å²) in [5.74, 6) is -17.2. The molecule has 2 unspecified atom stereocenters. The van der Waals surface area contributed by atoms with Gasteiger partial charge in [-0.2, -0.15) is 26.3 Å². The van der Waals surface area contributed by atoms with Crippen LogP contribution < -0.4 is 16.0 Å². The maximum Gasteiger partial charge on any atom is 0.397 e. The summed E-state index contributed by atoms with van der Waals surface area (Å²) in [6, 6.07) is -11.5. The van der Waals surface area contributed by atoms with E-state index in [0.29, 0.717) is 51.4 Å². The topological polar surface area (TPSA) is 300 Å². The van der Waals surface area contributed by atoms with Gasteiger partial charge in [-0.1, -0.05) is 59.8 Å². The molecule has 26 nitrogen and oxygen atoms in total. The van der Waals surface area contributed by atoms with Crippen molar-refractivity contribution in [3.63, 3.8) is 0 Å². The number of aliphatic hydroxyl groups excluding tert-OH is 1. The van der Waals surface area contributed by atoms with Gasteiger partial charge in [-0.05, 0) is 139 Å². The van der Waals surface area contributed by atoms with Gasteiger partial charge < -0.3 is 69.9 Å². The Kier molecular flexibility index (Phi) is 30.2. The van der Waals surface area contributed by atoms with Crippen LogP contribution in [-0.4, -0.2) is 300 Å². The average molecular weight is 1560 g/mol. The van der Waals surface area contributed by atoms with Crippen molar-refractivity contribution in [2.75, 3.05) is 94.8 Å². The number of hydrogen-bond acceptors (Lipinski definition) is 14. The van der Waals surface area contributed by atoms with E-state index in [1.807, 2.05) is 13.8 Å². The molecule has 8 rings (SSSR count). The van der Waals surface area contributed by atoms with Gasteiger partial charge >= 0.3 is 12.4 Å². The lowest BCUT2D eigenvalue weighted by Crippen LogP contribution is -2.65. The first-order valence-electron chi connectivity index (χ1n) is 39.2. The van der Waals surface area contributed by atoms with Crippen LogP contribution >= 0.6 is 0 Å². The van der Waals surface area contributed by atoms with E-state index in [2.05, 4.69) is 16.0 Å². The van der Waals surface area contributed by atoms with Gasteiger partial charge in [-0.25, -0.2) is 8.78 Å². The monoisotopic (exact) mass is 1560 g/mol. The molecule has 1 spiro atoms. The predicted molar refractivity (Wildman–Crippen MR) is 380 cm³/mol. The fourth-order valence-corrected chi connectivity index (χ4v) is 17.9. The lowest BCUT2D eigenvalue weighted by molar-refractivity contribution is -0.219. The molecule has 8 fully saturated rings. The van der Waals surface area contributed by atoms with Crippen LogP contribution in [-0.2, 0) is 62.3 Å². The van der Waals surface area contributed by atoms with Gasteiger partial charge in [0.25, 0.3) is 0 Å². The summed E-state index contributed by atoms with van der Waals surface area (Å²) in [7, 11) is 8.02. The molecular weight excluding hydrogens is 1440 g/mol. The zero-order valence-electron chi connectivity index (χ0n) is 64.8. The lowest BCUT2D eigenvalue weighted by Gasteiger charge is -2.42. The first-order chi connectivity index (χ1) is 51.2. The van der Waals surface area contributed by atoms with Crippen LogP contribution in [0, 0.1) is 41.4 Å². The fourth-order valence-electron chi connectivity index (χ4n) is 17.9. The second-order valence-electron chi connectivity index (χ2n) is 32.8. The third-order valence-electron chi connectivity index (χ3n) is 24.7. The minimum absolute atomic E-state index is 0.00178. The molecule has 0 aromatic rings. The van der Waals surface area contributed by atoms with Gasteiger partial charge in [0.1, 0.15) is 72.1 Å². The molecule has 4 aliphatic carbocycles. The number of nitrogens with one attached hydrogen (secondary N) is 3. The van der Waals surface area contributed by atoms with E-state index in [-0.39, 0.29) is 109 Å². The van der Waals surface area contributed by atoms with E-state index >= 15 is 47.1 Å². The van der Waals surface area contributed by atoms with E-state index in [1.165, 1.54) is 61.9 Å². The Morgan fingerprint density at radius 1 is 0.596 bits per heavy atom. The molecule has 4 saturated heterocycles. The second kappa shape index (κ2) is 37.6. The molecule has 4 saturated carbocycles. The summed E-state index contributed by atoms with van der Waals surface area (Å²) in [4.78, 5) is 192. The highest BCUT2D eigenvalue weighted by molar-refractivity contribution is 6.01. The summed E-state index contributed by atoms with van der Waals surface area (Å²) in [5.41, 5.74) is -1.76. The fraction of sp³-hybridized carbons (Fsp3) is 0.840. The van der Waals surface area contributed by atoms with Crippen molar-refractivity contribution in [1.29, 1.82) is 0 Å². The van der Waals surface area contributed by atoms with Gasteiger partial charge in [-0.3, -0.25) is 57.5 Å². The number of aliphatic hydroxyl groups is 1. The van der Waals surface area contributed by atoms with Gasteiger partial charge in [-0.15, -0.1) is 0 Å².